The summed E-state index contributed by atoms with van der Waals surface area (Å²) in [6.07, 6.45) is 2.56. The molecule has 0 unspecified atom stereocenters. The first-order chi connectivity index (χ1) is 14.5. The summed E-state index contributed by atoms with van der Waals surface area (Å²) in [4.78, 5) is 31.2. The van der Waals surface area contributed by atoms with E-state index in [2.05, 4.69) is 15.4 Å². The average Bonchev–Trinajstić information content (AvgIpc) is 3.38. The lowest BCUT2D eigenvalue weighted by atomic mass is 10.1. The third kappa shape index (κ3) is 3.63. The van der Waals surface area contributed by atoms with Gasteiger partial charge in [0.1, 0.15) is 6.17 Å². The first-order valence-corrected chi connectivity index (χ1v) is 9.31. The number of nitrogens with zero attached hydrogens (tertiary/aromatic N) is 4. The van der Waals surface area contributed by atoms with Crippen LogP contribution in [-0.2, 0) is 0 Å². The Kier molecular flexibility index (Phi) is 5.21. The van der Waals surface area contributed by atoms with E-state index in [0.717, 1.165) is 0 Å². The molecule has 156 valence electrons. The molecule has 2 aromatic heterocycles. The van der Waals surface area contributed by atoms with Gasteiger partial charge >= 0.3 is 0 Å². The van der Waals surface area contributed by atoms with Crippen molar-refractivity contribution in [3.8, 4) is 11.5 Å². The topological polar surface area (TPSA) is 98.1 Å². The molecule has 4 rings (SSSR count). The van der Waals surface area contributed by atoms with Crippen LogP contribution in [0.25, 0.3) is 5.65 Å². The third-order valence-corrected chi connectivity index (χ3v) is 4.86. The number of halogens is 1. The molecule has 1 aliphatic rings. The van der Waals surface area contributed by atoms with E-state index in [4.69, 9.17) is 9.47 Å². The largest absolute Gasteiger partial charge is 0.493 e. The molecule has 1 atom stereocenters. The van der Waals surface area contributed by atoms with Gasteiger partial charge in [-0.05, 0) is 24.6 Å². The van der Waals surface area contributed by atoms with Gasteiger partial charge in [-0.3, -0.25) is 9.59 Å². The molecule has 3 heterocycles. The monoisotopic (exact) mass is 413 g/mol. The fraction of sp³-hybridized carbons (Fsp3) is 0.300. The smallest absolute Gasteiger partial charge is 0.276 e. The lowest BCUT2D eigenvalue weighted by Crippen LogP contribution is -2.29. The van der Waals surface area contributed by atoms with Crippen molar-refractivity contribution in [3.05, 3.63) is 47.9 Å². The molecule has 9 nitrogen and oxygen atoms in total. The van der Waals surface area contributed by atoms with Crippen LogP contribution in [0.3, 0.4) is 0 Å². The van der Waals surface area contributed by atoms with Crippen molar-refractivity contribution in [3.63, 3.8) is 0 Å². The Morgan fingerprint density at radius 3 is 2.73 bits per heavy atom. The summed E-state index contributed by atoms with van der Waals surface area (Å²) in [5.41, 5.74) is 1.16. The summed E-state index contributed by atoms with van der Waals surface area (Å²) >= 11 is 0. The summed E-state index contributed by atoms with van der Waals surface area (Å²) < 4.78 is 25.7. The van der Waals surface area contributed by atoms with Gasteiger partial charge in [0.25, 0.3) is 11.8 Å². The number of aromatic nitrogens is 3. The summed E-state index contributed by atoms with van der Waals surface area (Å²) in [6, 6.07) is 6.24. The zero-order chi connectivity index (χ0) is 21.3. The van der Waals surface area contributed by atoms with Gasteiger partial charge in [0.15, 0.2) is 22.8 Å². The van der Waals surface area contributed by atoms with Crippen molar-refractivity contribution < 1.29 is 23.5 Å². The zero-order valence-electron chi connectivity index (χ0n) is 16.5. The highest BCUT2D eigenvalue weighted by Gasteiger charge is 2.28. The SMILES string of the molecule is COc1cc(C(=O)N2CC[C@@H](F)C2)cc(NC(=O)c2cc3ncccn3n2)c1OC. The zero-order valence-corrected chi connectivity index (χ0v) is 16.5. The van der Waals surface area contributed by atoms with Crippen LogP contribution in [0.1, 0.15) is 27.3 Å². The Morgan fingerprint density at radius 2 is 2.07 bits per heavy atom. The molecule has 3 aromatic rings. The van der Waals surface area contributed by atoms with Gasteiger partial charge in [0.05, 0.1) is 26.5 Å². The fourth-order valence-electron chi connectivity index (χ4n) is 3.39. The van der Waals surface area contributed by atoms with Crippen LogP contribution >= 0.6 is 0 Å². The van der Waals surface area contributed by atoms with Crippen LogP contribution in [0, 0.1) is 0 Å². The Bertz CT molecular complexity index is 1080. The second kappa shape index (κ2) is 7.97. The Morgan fingerprint density at radius 1 is 1.23 bits per heavy atom. The highest BCUT2D eigenvalue weighted by Crippen LogP contribution is 2.37. The number of benzene rings is 1. The lowest BCUT2D eigenvalue weighted by molar-refractivity contribution is 0.0782. The first kappa shape index (κ1) is 19.6. The van der Waals surface area contributed by atoms with Crippen LogP contribution in [-0.4, -0.2) is 64.8 Å². The van der Waals surface area contributed by atoms with Crippen molar-refractivity contribution in [1.82, 2.24) is 19.5 Å². The number of likely N-dealkylation sites (tertiary alicyclic amines) is 1. The van der Waals surface area contributed by atoms with E-state index in [1.165, 1.54) is 35.8 Å². The van der Waals surface area contributed by atoms with E-state index in [0.29, 0.717) is 18.6 Å². The van der Waals surface area contributed by atoms with Crippen LogP contribution in [0.4, 0.5) is 10.1 Å². The molecule has 0 radical (unpaired) electrons. The normalized spacial score (nSPS) is 16.0. The van der Waals surface area contributed by atoms with Crippen LogP contribution in [0.2, 0.25) is 0 Å². The number of fused-ring (bicyclic) bond motifs is 1. The minimum atomic E-state index is -1.03. The molecule has 1 fully saturated rings. The molecular weight excluding hydrogens is 393 g/mol. The Labute approximate surface area is 171 Å². The van der Waals surface area contributed by atoms with Crippen LogP contribution < -0.4 is 14.8 Å². The van der Waals surface area contributed by atoms with E-state index >= 15 is 0 Å². The number of amides is 2. The maximum atomic E-state index is 13.5. The summed E-state index contributed by atoms with van der Waals surface area (Å²) in [5, 5.41) is 6.90. The van der Waals surface area contributed by atoms with Crippen molar-refractivity contribution >= 4 is 23.1 Å². The maximum Gasteiger partial charge on any atom is 0.276 e. The minimum absolute atomic E-state index is 0.0448. The predicted octanol–water partition coefficient (Wildman–Crippen LogP) is 2.18. The van der Waals surface area contributed by atoms with E-state index in [1.54, 1.807) is 24.5 Å². The van der Waals surface area contributed by atoms with Crippen molar-refractivity contribution in [2.75, 3.05) is 32.6 Å². The van der Waals surface area contributed by atoms with Gasteiger partial charge in [0, 0.05) is 30.6 Å². The molecule has 2 amide bonds. The fourth-order valence-corrected chi connectivity index (χ4v) is 3.39. The number of ether oxygens (including phenoxy) is 2. The first-order valence-electron chi connectivity index (χ1n) is 9.31. The second-order valence-electron chi connectivity index (χ2n) is 6.80. The lowest BCUT2D eigenvalue weighted by Gasteiger charge is -2.19. The molecule has 10 heteroatoms. The van der Waals surface area contributed by atoms with Gasteiger partial charge < -0.3 is 19.7 Å². The Hall–Kier alpha value is -3.69. The van der Waals surface area contributed by atoms with Gasteiger partial charge in [-0.25, -0.2) is 13.9 Å². The highest BCUT2D eigenvalue weighted by atomic mass is 19.1. The van der Waals surface area contributed by atoms with E-state index in [-0.39, 0.29) is 40.9 Å². The van der Waals surface area contributed by atoms with E-state index in [9.17, 15) is 14.0 Å². The number of carbonyl (C=O) groups is 2. The molecule has 30 heavy (non-hydrogen) atoms. The van der Waals surface area contributed by atoms with Gasteiger partial charge in [-0.15, -0.1) is 0 Å². The van der Waals surface area contributed by atoms with E-state index in [1.807, 2.05) is 0 Å². The molecule has 0 saturated carbocycles. The number of rotatable bonds is 5. The molecule has 0 spiro atoms. The number of hydrogen-bond acceptors (Lipinski definition) is 6. The third-order valence-electron chi connectivity index (χ3n) is 4.86. The number of nitrogens with one attached hydrogen (secondary N) is 1. The van der Waals surface area contributed by atoms with Gasteiger partial charge in [0.2, 0.25) is 0 Å². The highest BCUT2D eigenvalue weighted by molar-refractivity contribution is 6.06. The summed E-state index contributed by atoms with van der Waals surface area (Å²) in [7, 11) is 2.86. The number of anilines is 1. The predicted molar refractivity (Wildman–Crippen MR) is 106 cm³/mol. The molecule has 0 aliphatic carbocycles. The average molecular weight is 413 g/mol. The number of hydrogen-bond donors (Lipinski definition) is 1. The molecule has 0 bridgehead atoms. The standard InChI is InChI=1S/C20H20FN5O4/c1-29-16-9-12(20(28)25-7-4-13(21)11-25)8-14(18(16)30-2)23-19(27)15-10-17-22-5-3-6-26(17)24-15/h3,5-6,8-10,13H,4,7,11H2,1-2H3,(H,23,27)/t13-/m1/s1. The van der Waals surface area contributed by atoms with Gasteiger partial charge in [-0.1, -0.05) is 0 Å². The summed E-state index contributed by atoms with van der Waals surface area (Å²) in [5.74, 6) is -0.320. The number of carbonyl (C=O) groups excluding carboxylic acids is 2. The molecule has 1 aliphatic heterocycles. The van der Waals surface area contributed by atoms with E-state index < -0.39 is 12.1 Å². The van der Waals surface area contributed by atoms with Crippen molar-refractivity contribution in [1.29, 1.82) is 0 Å². The molecule has 1 saturated heterocycles. The van der Waals surface area contributed by atoms with Crippen LogP contribution in [0.15, 0.2) is 36.7 Å². The number of alkyl halides is 1. The molecular formula is C20H20FN5O4. The van der Waals surface area contributed by atoms with Crippen molar-refractivity contribution in [2.24, 2.45) is 0 Å². The second-order valence-corrected chi connectivity index (χ2v) is 6.80. The van der Waals surface area contributed by atoms with Crippen LogP contribution in [0.5, 0.6) is 11.5 Å². The maximum absolute atomic E-state index is 13.5. The summed E-state index contributed by atoms with van der Waals surface area (Å²) in [6.45, 7) is 0.382. The number of methoxy groups -OCH3 is 2. The quantitative estimate of drug-likeness (QED) is 0.689. The molecule has 1 N–H and O–H groups in total. The Balaban J connectivity index is 1.66. The molecule has 1 aromatic carbocycles. The minimum Gasteiger partial charge on any atom is -0.493 e. The van der Waals surface area contributed by atoms with Gasteiger partial charge in [-0.2, -0.15) is 5.10 Å². The van der Waals surface area contributed by atoms with Crippen molar-refractivity contribution in [2.45, 2.75) is 12.6 Å².